The fourth-order valence-corrected chi connectivity index (χ4v) is 2.08. The molecule has 0 spiro atoms. The third kappa shape index (κ3) is 1.95. The molecule has 2 aromatic rings. The minimum absolute atomic E-state index is 0.0870. The van der Waals surface area contributed by atoms with Crippen LogP contribution in [0.25, 0.3) is 0 Å². The topological polar surface area (TPSA) is 79.6 Å². The van der Waals surface area contributed by atoms with E-state index < -0.39 is 0 Å². The van der Waals surface area contributed by atoms with E-state index in [9.17, 15) is 0 Å². The van der Waals surface area contributed by atoms with Gasteiger partial charge in [-0.1, -0.05) is 12.1 Å². The van der Waals surface area contributed by atoms with Gasteiger partial charge in [-0.25, -0.2) is 4.98 Å². The van der Waals surface area contributed by atoms with Gasteiger partial charge in [-0.3, -0.25) is 5.32 Å². The summed E-state index contributed by atoms with van der Waals surface area (Å²) < 4.78 is 5.29. The van der Waals surface area contributed by atoms with Crippen molar-refractivity contribution >= 4 is 0 Å². The van der Waals surface area contributed by atoms with Gasteiger partial charge in [-0.2, -0.15) is 4.98 Å². The standard InChI is InChI=1S/C11H15N5O/c1-2-3-10-15-11(17-16-10)8-4-7-9(5-12-8)14-6-13-7/h6,8,12H,2-5H2,1H3,(H,13,14). The SMILES string of the molecule is CCCc1noc(C2Cc3nc[nH]c3CN2)n1. The number of aryl methyl sites for hydroxylation is 1. The Kier molecular flexibility index (Phi) is 2.64. The lowest BCUT2D eigenvalue weighted by Gasteiger charge is -2.19. The number of aromatic amines is 1. The summed E-state index contributed by atoms with van der Waals surface area (Å²) in [5, 5.41) is 7.34. The third-order valence-corrected chi connectivity index (χ3v) is 2.99. The molecule has 6 heteroatoms. The summed E-state index contributed by atoms with van der Waals surface area (Å²) in [4.78, 5) is 11.8. The van der Waals surface area contributed by atoms with Gasteiger partial charge in [0.15, 0.2) is 5.82 Å². The second-order valence-electron chi connectivity index (χ2n) is 4.26. The number of fused-ring (bicyclic) bond motifs is 1. The van der Waals surface area contributed by atoms with Crippen molar-refractivity contribution < 1.29 is 4.52 Å². The van der Waals surface area contributed by atoms with Gasteiger partial charge in [-0.15, -0.1) is 0 Å². The van der Waals surface area contributed by atoms with Crippen molar-refractivity contribution in [2.24, 2.45) is 0 Å². The Balaban J connectivity index is 1.77. The highest BCUT2D eigenvalue weighted by Crippen LogP contribution is 2.22. The molecule has 1 aliphatic rings. The lowest BCUT2D eigenvalue weighted by Crippen LogP contribution is -2.28. The molecule has 17 heavy (non-hydrogen) atoms. The second-order valence-corrected chi connectivity index (χ2v) is 4.26. The average molecular weight is 233 g/mol. The minimum Gasteiger partial charge on any atom is -0.347 e. The number of hydrogen-bond acceptors (Lipinski definition) is 5. The van der Waals surface area contributed by atoms with Crippen LogP contribution in [0.3, 0.4) is 0 Å². The van der Waals surface area contributed by atoms with Gasteiger partial charge in [0.05, 0.1) is 23.8 Å². The summed E-state index contributed by atoms with van der Waals surface area (Å²) in [6.07, 6.45) is 4.42. The maximum atomic E-state index is 5.29. The lowest BCUT2D eigenvalue weighted by atomic mass is 10.1. The normalized spacial score (nSPS) is 19.2. The van der Waals surface area contributed by atoms with Gasteiger partial charge in [0, 0.05) is 19.4 Å². The molecule has 3 heterocycles. The zero-order valence-corrected chi connectivity index (χ0v) is 9.73. The highest BCUT2D eigenvalue weighted by molar-refractivity contribution is 5.17. The molecule has 3 rings (SSSR count). The summed E-state index contributed by atoms with van der Waals surface area (Å²) in [6, 6.07) is 0.0870. The fraction of sp³-hybridized carbons (Fsp3) is 0.545. The Hall–Kier alpha value is -1.69. The first kappa shape index (κ1) is 10.5. The van der Waals surface area contributed by atoms with Crippen LogP contribution < -0.4 is 5.32 Å². The van der Waals surface area contributed by atoms with Crippen LogP contribution in [-0.4, -0.2) is 20.1 Å². The maximum absolute atomic E-state index is 5.29. The van der Waals surface area contributed by atoms with E-state index in [0.717, 1.165) is 43.0 Å². The van der Waals surface area contributed by atoms with E-state index >= 15 is 0 Å². The first-order valence-corrected chi connectivity index (χ1v) is 5.93. The maximum Gasteiger partial charge on any atom is 0.244 e. The Morgan fingerprint density at radius 1 is 1.53 bits per heavy atom. The molecule has 1 unspecified atom stereocenters. The summed E-state index contributed by atoms with van der Waals surface area (Å²) in [5.41, 5.74) is 2.23. The molecule has 0 saturated carbocycles. The van der Waals surface area contributed by atoms with Crippen LogP contribution in [0.2, 0.25) is 0 Å². The molecule has 0 amide bonds. The average Bonchev–Trinajstić information content (AvgIpc) is 2.96. The van der Waals surface area contributed by atoms with Gasteiger partial charge in [0.1, 0.15) is 0 Å². The molecular formula is C11H15N5O. The van der Waals surface area contributed by atoms with Crippen LogP contribution in [-0.2, 0) is 19.4 Å². The van der Waals surface area contributed by atoms with E-state index in [2.05, 4.69) is 32.3 Å². The summed E-state index contributed by atoms with van der Waals surface area (Å²) in [5.74, 6) is 1.46. The lowest BCUT2D eigenvalue weighted by molar-refractivity contribution is 0.317. The van der Waals surface area contributed by atoms with Gasteiger partial charge in [0.2, 0.25) is 5.89 Å². The van der Waals surface area contributed by atoms with E-state index in [4.69, 9.17) is 4.52 Å². The van der Waals surface area contributed by atoms with Crippen LogP contribution in [0.15, 0.2) is 10.9 Å². The van der Waals surface area contributed by atoms with Crippen molar-refractivity contribution in [3.8, 4) is 0 Å². The molecule has 0 saturated heterocycles. The first-order chi connectivity index (χ1) is 8.36. The smallest absolute Gasteiger partial charge is 0.244 e. The van der Waals surface area contributed by atoms with Crippen molar-refractivity contribution in [3.05, 3.63) is 29.4 Å². The number of aromatic nitrogens is 4. The molecule has 2 N–H and O–H groups in total. The molecule has 0 bridgehead atoms. The van der Waals surface area contributed by atoms with Crippen LogP contribution in [0.5, 0.6) is 0 Å². The van der Waals surface area contributed by atoms with Crippen molar-refractivity contribution in [2.75, 3.05) is 0 Å². The Morgan fingerprint density at radius 3 is 3.35 bits per heavy atom. The molecular weight excluding hydrogens is 218 g/mol. The molecule has 1 aliphatic heterocycles. The Labute approximate surface area is 98.8 Å². The van der Waals surface area contributed by atoms with Crippen LogP contribution in [0.4, 0.5) is 0 Å². The van der Waals surface area contributed by atoms with E-state index in [0.29, 0.717) is 5.89 Å². The molecule has 0 radical (unpaired) electrons. The largest absolute Gasteiger partial charge is 0.347 e. The van der Waals surface area contributed by atoms with Crippen molar-refractivity contribution in [1.82, 2.24) is 25.4 Å². The Bertz CT molecular complexity index is 503. The predicted molar refractivity (Wildman–Crippen MR) is 60.2 cm³/mol. The Morgan fingerprint density at radius 2 is 2.47 bits per heavy atom. The van der Waals surface area contributed by atoms with Gasteiger partial charge < -0.3 is 9.51 Å². The number of H-pyrrole nitrogens is 1. The molecule has 0 aromatic carbocycles. The number of nitrogens with one attached hydrogen (secondary N) is 2. The number of imidazole rings is 1. The predicted octanol–water partition coefficient (Wildman–Crippen LogP) is 1.13. The van der Waals surface area contributed by atoms with E-state index in [-0.39, 0.29) is 6.04 Å². The quantitative estimate of drug-likeness (QED) is 0.830. The highest BCUT2D eigenvalue weighted by atomic mass is 16.5. The summed E-state index contributed by atoms with van der Waals surface area (Å²) in [6.45, 7) is 2.87. The second kappa shape index (κ2) is 4.29. The van der Waals surface area contributed by atoms with Gasteiger partial charge in [0.25, 0.3) is 0 Å². The zero-order valence-electron chi connectivity index (χ0n) is 9.73. The van der Waals surface area contributed by atoms with E-state index in [1.165, 1.54) is 0 Å². The molecule has 2 aromatic heterocycles. The van der Waals surface area contributed by atoms with E-state index in [1.807, 2.05) is 0 Å². The first-order valence-electron chi connectivity index (χ1n) is 5.93. The fourth-order valence-electron chi connectivity index (χ4n) is 2.08. The van der Waals surface area contributed by atoms with Crippen LogP contribution >= 0.6 is 0 Å². The summed E-state index contributed by atoms with van der Waals surface area (Å²) >= 11 is 0. The van der Waals surface area contributed by atoms with Gasteiger partial charge >= 0.3 is 0 Å². The van der Waals surface area contributed by atoms with Crippen molar-refractivity contribution in [3.63, 3.8) is 0 Å². The van der Waals surface area contributed by atoms with Gasteiger partial charge in [-0.05, 0) is 6.42 Å². The van der Waals surface area contributed by atoms with Crippen LogP contribution in [0, 0.1) is 0 Å². The molecule has 0 fully saturated rings. The van der Waals surface area contributed by atoms with E-state index in [1.54, 1.807) is 6.33 Å². The molecule has 90 valence electrons. The number of hydrogen-bond donors (Lipinski definition) is 2. The van der Waals surface area contributed by atoms with Crippen molar-refractivity contribution in [2.45, 2.75) is 38.8 Å². The van der Waals surface area contributed by atoms with Crippen molar-refractivity contribution in [1.29, 1.82) is 0 Å². The molecule has 0 aliphatic carbocycles. The van der Waals surface area contributed by atoms with Crippen LogP contribution in [0.1, 0.15) is 42.5 Å². The zero-order chi connectivity index (χ0) is 11.7. The molecule has 6 nitrogen and oxygen atoms in total. The molecule has 1 atom stereocenters. The monoisotopic (exact) mass is 233 g/mol. The highest BCUT2D eigenvalue weighted by Gasteiger charge is 2.25. The third-order valence-electron chi connectivity index (χ3n) is 2.99. The minimum atomic E-state index is 0.0870. The number of rotatable bonds is 3. The number of nitrogens with zero attached hydrogens (tertiary/aromatic N) is 3. The summed E-state index contributed by atoms with van der Waals surface area (Å²) in [7, 11) is 0.